The van der Waals surface area contributed by atoms with E-state index in [1.807, 2.05) is 14.0 Å². The van der Waals surface area contributed by atoms with Crippen molar-refractivity contribution in [3.63, 3.8) is 0 Å². The van der Waals surface area contributed by atoms with Crippen LogP contribution in [0.4, 0.5) is 5.82 Å². The SMILES string of the molecule is Cc1c(C(=O)O)sc2ncnc(N(C)C3CCOC3C)c12. The molecule has 6 nitrogen and oxygen atoms in total. The molecule has 2 aromatic rings. The number of aromatic carboxylic acids is 1. The van der Waals surface area contributed by atoms with Crippen molar-refractivity contribution in [1.29, 1.82) is 0 Å². The number of hydrogen-bond acceptors (Lipinski definition) is 6. The first kappa shape index (κ1) is 14.2. The van der Waals surface area contributed by atoms with Gasteiger partial charge in [0.15, 0.2) is 0 Å². The number of nitrogens with zero attached hydrogens (tertiary/aromatic N) is 3. The van der Waals surface area contributed by atoms with E-state index in [1.54, 1.807) is 0 Å². The second-order valence-electron chi connectivity index (χ2n) is 5.28. The van der Waals surface area contributed by atoms with E-state index in [0.29, 0.717) is 9.71 Å². The van der Waals surface area contributed by atoms with E-state index in [2.05, 4.69) is 21.8 Å². The number of ether oxygens (including phenoxy) is 1. The van der Waals surface area contributed by atoms with Crippen LogP contribution >= 0.6 is 11.3 Å². The Hall–Kier alpha value is -1.73. The van der Waals surface area contributed by atoms with E-state index in [9.17, 15) is 9.90 Å². The molecule has 2 aromatic heterocycles. The summed E-state index contributed by atoms with van der Waals surface area (Å²) in [7, 11) is 1.98. The van der Waals surface area contributed by atoms with Gasteiger partial charge in [-0.25, -0.2) is 14.8 Å². The van der Waals surface area contributed by atoms with Gasteiger partial charge < -0.3 is 14.7 Å². The van der Waals surface area contributed by atoms with Crippen LogP contribution < -0.4 is 4.90 Å². The summed E-state index contributed by atoms with van der Waals surface area (Å²) in [5.41, 5.74) is 0.733. The number of likely N-dealkylation sites (N-methyl/N-ethyl adjacent to an activating group) is 1. The van der Waals surface area contributed by atoms with Crippen molar-refractivity contribution in [3.8, 4) is 0 Å². The lowest BCUT2D eigenvalue weighted by Gasteiger charge is -2.28. The van der Waals surface area contributed by atoms with Crippen molar-refractivity contribution >= 4 is 33.3 Å². The first-order chi connectivity index (χ1) is 10.0. The topological polar surface area (TPSA) is 75.5 Å². The third-order valence-electron chi connectivity index (χ3n) is 4.07. The Bertz CT molecular complexity index is 700. The summed E-state index contributed by atoms with van der Waals surface area (Å²) in [6.07, 6.45) is 2.58. The number of carboxylic acid groups (broad SMARTS) is 1. The highest BCUT2D eigenvalue weighted by Gasteiger charge is 2.30. The molecular weight excluding hydrogens is 290 g/mol. The lowest BCUT2D eigenvalue weighted by atomic mass is 10.1. The number of aromatic nitrogens is 2. The van der Waals surface area contributed by atoms with Gasteiger partial charge in [0.1, 0.15) is 21.9 Å². The minimum atomic E-state index is -0.915. The number of carbonyl (C=O) groups is 1. The van der Waals surface area contributed by atoms with Gasteiger partial charge in [-0.1, -0.05) is 0 Å². The number of anilines is 1. The highest BCUT2D eigenvalue weighted by Crippen LogP contribution is 2.36. The zero-order valence-electron chi connectivity index (χ0n) is 12.2. The van der Waals surface area contributed by atoms with Gasteiger partial charge in [-0.05, 0) is 25.8 Å². The Labute approximate surface area is 126 Å². The number of fused-ring (bicyclic) bond motifs is 1. The summed E-state index contributed by atoms with van der Waals surface area (Å²) in [5.74, 6) is -0.134. The third kappa shape index (κ3) is 2.26. The summed E-state index contributed by atoms with van der Waals surface area (Å²) < 4.78 is 5.62. The lowest BCUT2D eigenvalue weighted by molar-refractivity contribution is 0.0701. The maximum Gasteiger partial charge on any atom is 0.346 e. The van der Waals surface area contributed by atoms with Crippen molar-refractivity contribution in [2.45, 2.75) is 32.4 Å². The van der Waals surface area contributed by atoms with Gasteiger partial charge in [0, 0.05) is 13.7 Å². The molecule has 1 N–H and O–H groups in total. The van der Waals surface area contributed by atoms with E-state index in [0.717, 1.165) is 29.8 Å². The Kier molecular flexibility index (Phi) is 3.54. The number of hydrogen-bond donors (Lipinski definition) is 1. The molecule has 21 heavy (non-hydrogen) atoms. The molecule has 0 amide bonds. The van der Waals surface area contributed by atoms with Crippen LogP contribution in [0.15, 0.2) is 6.33 Å². The molecule has 2 unspecified atom stereocenters. The minimum absolute atomic E-state index is 0.137. The zero-order chi connectivity index (χ0) is 15.1. The maximum atomic E-state index is 11.3. The first-order valence-electron chi connectivity index (χ1n) is 6.82. The van der Waals surface area contributed by atoms with E-state index in [-0.39, 0.29) is 12.1 Å². The van der Waals surface area contributed by atoms with Gasteiger partial charge in [-0.15, -0.1) is 11.3 Å². The van der Waals surface area contributed by atoms with Crippen LogP contribution in [0.25, 0.3) is 10.2 Å². The number of carboxylic acids is 1. The highest BCUT2D eigenvalue weighted by atomic mass is 32.1. The summed E-state index contributed by atoms with van der Waals surface area (Å²) >= 11 is 1.20. The van der Waals surface area contributed by atoms with Crippen LogP contribution in [0, 0.1) is 6.92 Å². The van der Waals surface area contributed by atoms with Crippen molar-refractivity contribution in [2.75, 3.05) is 18.6 Å². The minimum Gasteiger partial charge on any atom is -0.477 e. The lowest BCUT2D eigenvalue weighted by Crippen LogP contribution is -2.37. The molecule has 1 aliphatic heterocycles. The van der Waals surface area contributed by atoms with Crippen LogP contribution in [0.5, 0.6) is 0 Å². The predicted molar refractivity (Wildman–Crippen MR) is 81.3 cm³/mol. The molecule has 1 fully saturated rings. The molecule has 0 saturated carbocycles. The highest BCUT2D eigenvalue weighted by molar-refractivity contribution is 7.20. The Morgan fingerprint density at radius 2 is 2.29 bits per heavy atom. The maximum absolute atomic E-state index is 11.3. The smallest absolute Gasteiger partial charge is 0.346 e. The fourth-order valence-electron chi connectivity index (χ4n) is 2.91. The van der Waals surface area contributed by atoms with Crippen LogP contribution in [0.2, 0.25) is 0 Å². The third-order valence-corrected chi connectivity index (χ3v) is 5.26. The molecule has 3 rings (SSSR count). The normalized spacial score (nSPS) is 21.9. The zero-order valence-corrected chi connectivity index (χ0v) is 13.0. The summed E-state index contributed by atoms with van der Waals surface area (Å²) in [4.78, 5) is 23.1. The van der Waals surface area contributed by atoms with Crippen molar-refractivity contribution in [2.24, 2.45) is 0 Å². The molecule has 1 aliphatic rings. The molecule has 0 aromatic carbocycles. The fourth-order valence-corrected chi connectivity index (χ4v) is 3.89. The largest absolute Gasteiger partial charge is 0.477 e. The Morgan fingerprint density at radius 1 is 1.52 bits per heavy atom. The monoisotopic (exact) mass is 307 g/mol. The van der Waals surface area contributed by atoms with Crippen molar-refractivity contribution < 1.29 is 14.6 Å². The van der Waals surface area contributed by atoms with Crippen LogP contribution in [-0.4, -0.2) is 46.8 Å². The van der Waals surface area contributed by atoms with Gasteiger partial charge in [0.2, 0.25) is 0 Å². The van der Waals surface area contributed by atoms with E-state index < -0.39 is 5.97 Å². The van der Waals surface area contributed by atoms with Crippen molar-refractivity contribution in [3.05, 3.63) is 16.8 Å². The number of rotatable bonds is 3. The quantitative estimate of drug-likeness (QED) is 0.938. The summed E-state index contributed by atoms with van der Waals surface area (Å²) in [6.45, 7) is 4.61. The Morgan fingerprint density at radius 3 is 2.90 bits per heavy atom. The predicted octanol–water partition coefficient (Wildman–Crippen LogP) is 2.31. The Balaban J connectivity index is 2.12. The number of aryl methyl sites for hydroxylation is 1. The average molecular weight is 307 g/mol. The van der Waals surface area contributed by atoms with Gasteiger partial charge in [-0.2, -0.15) is 0 Å². The molecule has 0 spiro atoms. The molecule has 0 aliphatic carbocycles. The fraction of sp³-hybridized carbons (Fsp3) is 0.500. The molecule has 0 radical (unpaired) electrons. The van der Waals surface area contributed by atoms with Gasteiger partial charge in [-0.3, -0.25) is 0 Å². The molecule has 0 bridgehead atoms. The summed E-state index contributed by atoms with van der Waals surface area (Å²) in [5, 5.41) is 10.1. The number of thiophene rings is 1. The molecule has 7 heteroatoms. The first-order valence-corrected chi connectivity index (χ1v) is 7.64. The average Bonchev–Trinajstić information content (AvgIpc) is 3.02. The molecule has 3 heterocycles. The van der Waals surface area contributed by atoms with E-state index in [4.69, 9.17) is 4.74 Å². The molecule has 112 valence electrons. The second-order valence-corrected chi connectivity index (χ2v) is 6.28. The standard InChI is InChI=1S/C14H17N3O3S/c1-7-10-12(17(3)9-4-5-20-8(9)2)15-6-16-13(10)21-11(7)14(18)19/h6,8-9H,4-5H2,1-3H3,(H,18,19). The van der Waals surface area contributed by atoms with E-state index in [1.165, 1.54) is 17.7 Å². The molecular formula is C14H17N3O3S. The van der Waals surface area contributed by atoms with E-state index >= 15 is 0 Å². The van der Waals surface area contributed by atoms with Crippen LogP contribution in [-0.2, 0) is 4.74 Å². The van der Waals surface area contributed by atoms with Crippen LogP contribution in [0.1, 0.15) is 28.6 Å². The summed E-state index contributed by atoms with van der Waals surface area (Å²) in [6, 6.07) is 0.246. The van der Waals surface area contributed by atoms with Crippen molar-refractivity contribution in [1.82, 2.24) is 9.97 Å². The molecule has 2 atom stereocenters. The molecule has 1 saturated heterocycles. The van der Waals surface area contributed by atoms with Gasteiger partial charge >= 0.3 is 5.97 Å². The van der Waals surface area contributed by atoms with Gasteiger partial charge in [0.25, 0.3) is 0 Å². The second kappa shape index (κ2) is 5.23. The van der Waals surface area contributed by atoms with Crippen LogP contribution in [0.3, 0.4) is 0 Å². The van der Waals surface area contributed by atoms with Gasteiger partial charge in [0.05, 0.1) is 17.5 Å².